The molecule has 0 spiro atoms. The number of nitro groups is 1. The van der Waals surface area contributed by atoms with Crippen LogP contribution in [0.5, 0.6) is 0 Å². The third kappa shape index (κ3) is 4.74. The van der Waals surface area contributed by atoms with E-state index in [0.717, 1.165) is 34.7 Å². The van der Waals surface area contributed by atoms with Gasteiger partial charge in [0.2, 0.25) is 0 Å². The minimum absolute atomic E-state index is 0.220. The third-order valence-corrected chi connectivity index (χ3v) is 5.82. The molecule has 2 aromatic rings. The topological polar surface area (TPSA) is 83.8 Å². The predicted octanol–water partition coefficient (Wildman–Crippen LogP) is 3.97. The zero-order chi connectivity index (χ0) is 24.6. The number of amides is 2. The van der Waals surface area contributed by atoms with Crippen LogP contribution in [0.3, 0.4) is 0 Å². The number of likely N-dealkylation sites (N-methyl/N-ethyl adjacent to an activating group) is 2. The summed E-state index contributed by atoms with van der Waals surface area (Å²) in [7, 11) is 2.76. The molecule has 2 aromatic carbocycles. The molecular weight excluding hydrogens is 439 g/mol. The minimum Gasteiger partial charge on any atom is -0.326 e. The van der Waals surface area contributed by atoms with E-state index in [0.29, 0.717) is 0 Å². The lowest BCUT2D eigenvalue weighted by Gasteiger charge is -2.45. The molecule has 1 aliphatic rings. The van der Waals surface area contributed by atoms with Crippen molar-refractivity contribution in [1.29, 1.82) is 0 Å². The van der Waals surface area contributed by atoms with Gasteiger partial charge in [0.05, 0.1) is 16.9 Å². The van der Waals surface area contributed by atoms with Gasteiger partial charge in [-0.15, -0.1) is 0 Å². The van der Waals surface area contributed by atoms with Crippen molar-refractivity contribution in [1.82, 2.24) is 9.80 Å². The molecule has 1 heterocycles. The number of halogens is 3. The molecule has 1 atom stereocenters. The summed E-state index contributed by atoms with van der Waals surface area (Å²) < 4.78 is 39.3. The van der Waals surface area contributed by atoms with Crippen LogP contribution < -0.4 is 0 Å². The fourth-order valence-corrected chi connectivity index (χ4v) is 3.93. The second kappa shape index (κ2) is 8.68. The highest BCUT2D eigenvalue weighted by Gasteiger charge is 2.48. The minimum atomic E-state index is -4.62. The SMILES string of the molecule is CN1C(=O)C(C)(Cc2ccccc2)N(C)C(=O)C1=Cc1c(CC(F)(F)F)cccc1[N+](=O)[O-]. The quantitative estimate of drug-likeness (QED) is 0.383. The van der Waals surface area contributed by atoms with E-state index >= 15 is 0 Å². The summed E-state index contributed by atoms with van der Waals surface area (Å²) in [5.74, 6) is -1.10. The maximum absolute atomic E-state index is 13.3. The van der Waals surface area contributed by atoms with E-state index in [1.54, 1.807) is 19.1 Å². The summed E-state index contributed by atoms with van der Waals surface area (Å²) in [4.78, 5) is 39.5. The second-order valence-corrected chi connectivity index (χ2v) is 8.09. The van der Waals surface area contributed by atoms with Gasteiger partial charge >= 0.3 is 6.18 Å². The van der Waals surface area contributed by atoms with Gasteiger partial charge in [-0.25, -0.2) is 0 Å². The number of carbonyl (C=O) groups excluding carboxylic acids is 2. The van der Waals surface area contributed by atoms with Crippen molar-refractivity contribution in [3.8, 4) is 0 Å². The lowest BCUT2D eigenvalue weighted by molar-refractivity contribution is -0.385. The van der Waals surface area contributed by atoms with Gasteiger partial charge < -0.3 is 9.80 Å². The van der Waals surface area contributed by atoms with Crippen molar-refractivity contribution >= 4 is 23.6 Å². The predicted molar refractivity (Wildman–Crippen MR) is 115 cm³/mol. The highest BCUT2D eigenvalue weighted by atomic mass is 19.4. The van der Waals surface area contributed by atoms with Crippen molar-refractivity contribution in [2.24, 2.45) is 0 Å². The monoisotopic (exact) mass is 461 g/mol. The first-order chi connectivity index (χ1) is 15.3. The first kappa shape index (κ1) is 24.0. The number of benzene rings is 2. The van der Waals surface area contributed by atoms with Crippen LogP contribution in [-0.2, 0) is 22.4 Å². The van der Waals surface area contributed by atoms with E-state index in [2.05, 4.69) is 0 Å². The number of hydrogen-bond acceptors (Lipinski definition) is 4. The van der Waals surface area contributed by atoms with E-state index in [1.165, 1.54) is 19.0 Å². The molecule has 0 radical (unpaired) electrons. The number of nitrogens with zero attached hydrogens (tertiary/aromatic N) is 3. The zero-order valence-corrected chi connectivity index (χ0v) is 18.2. The first-order valence-corrected chi connectivity index (χ1v) is 10.00. The summed E-state index contributed by atoms with van der Waals surface area (Å²) in [6.07, 6.45) is -4.82. The molecule has 1 saturated heterocycles. The van der Waals surface area contributed by atoms with Gasteiger partial charge in [-0.1, -0.05) is 42.5 Å². The molecule has 0 aromatic heterocycles. The number of piperazine rings is 1. The van der Waals surface area contributed by atoms with Gasteiger partial charge in [0.15, 0.2) is 0 Å². The van der Waals surface area contributed by atoms with E-state index in [-0.39, 0.29) is 23.2 Å². The Labute approximate surface area is 188 Å². The van der Waals surface area contributed by atoms with E-state index in [9.17, 15) is 32.9 Å². The standard InChI is InChI=1S/C23H22F3N3O4/c1-22(13-15-8-5-4-6-9-15)21(31)27(2)19(20(30)28(22)3)12-17-16(14-23(24,25)26)10-7-11-18(17)29(32)33/h4-12H,13-14H2,1-3H3. The van der Waals surface area contributed by atoms with Crippen LogP contribution in [0.25, 0.3) is 6.08 Å². The van der Waals surface area contributed by atoms with Crippen molar-refractivity contribution in [3.05, 3.63) is 81.0 Å². The summed E-state index contributed by atoms with van der Waals surface area (Å²) in [6, 6.07) is 12.4. The molecule has 0 aliphatic carbocycles. The molecule has 0 saturated carbocycles. The van der Waals surface area contributed by atoms with Crippen LogP contribution in [0.4, 0.5) is 18.9 Å². The number of alkyl halides is 3. The van der Waals surface area contributed by atoms with Crippen LogP contribution in [0.15, 0.2) is 54.2 Å². The summed E-state index contributed by atoms with van der Waals surface area (Å²) in [5, 5.41) is 11.5. The van der Waals surface area contributed by atoms with Crippen molar-refractivity contribution < 1.29 is 27.7 Å². The lowest BCUT2D eigenvalue weighted by Crippen LogP contribution is -2.64. The molecule has 2 amide bonds. The fourth-order valence-electron chi connectivity index (χ4n) is 3.93. The lowest BCUT2D eigenvalue weighted by atomic mass is 9.86. The third-order valence-electron chi connectivity index (χ3n) is 5.82. The summed E-state index contributed by atoms with van der Waals surface area (Å²) in [6.45, 7) is 1.60. The van der Waals surface area contributed by atoms with E-state index < -0.39 is 40.6 Å². The van der Waals surface area contributed by atoms with Crippen LogP contribution in [-0.4, -0.2) is 52.3 Å². The molecule has 1 fully saturated rings. The molecule has 3 rings (SSSR count). The van der Waals surface area contributed by atoms with Gasteiger partial charge in [0.25, 0.3) is 17.5 Å². The van der Waals surface area contributed by atoms with Gasteiger partial charge in [-0.05, 0) is 24.1 Å². The number of carbonyl (C=O) groups is 2. The molecule has 7 nitrogen and oxygen atoms in total. The van der Waals surface area contributed by atoms with Crippen molar-refractivity contribution in [2.45, 2.75) is 31.5 Å². The Morgan fingerprint density at radius 1 is 1.06 bits per heavy atom. The molecule has 10 heteroatoms. The normalized spacial score (nSPS) is 20.5. The van der Waals surface area contributed by atoms with Crippen molar-refractivity contribution in [3.63, 3.8) is 0 Å². The highest BCUT2D eigenvalue weighted by molar-refractivity contribution is 6.09. The van der Waals surface area contributed by atoms with Gasteiger partial charge in [0.1, 0.15) is 11.2 Å². The summed E-state index contributed by atoms with van der Waals surface area (Å²) in [5.41, 5.74) is -1.98. The van der Waals surface area contributed by atoms with Gasteiger partial charge in [0, 0.05) is 26.6 Å². The molecule has 0 N–H and O–H groups in total. The maximum Gasteiger partial charge on any atom is 0.393 e. The van der Waals surface area contributed by atoms with Crippen LogP contribution in [0.1, 0.15) is 23.6 Å². The Kier molecular flexibility index (Phi) is 6.31. The fraction of sp³-hybridized carbons (Fsp3) is 0.304. The van der Waals surface area contributed by atoms with Crippen LogP contribution in [0.2, 0.25) is 0 Å². The average molecular weight is 461 g/mol. The zero-order valence-electron chi connectivity index (χ0n) is 18.2. The Hall–Kier alpha value is -3.69. The maximum atomic E-state index is 13.3. The second-order valence-electron chi connectivity index (χ2n) is 8.09. The van der Waals surface area contributed by atoms with E-state index in [1.807, 2.05) is 18.2 Å². The molecule has 1 unspecified atom stereocenters. The Morgan fingerprint density at radius 2 is 1.70 bits per heavy atom. The molecule has 0 bridgehead atoms. The largest absolute Gasteiger partial charge is 0.393 e. The number of nitro benzene ring substituents is 1. The van der Waals surface area contributed by atoms with Gasteiger partial charge in [-0.3, -0.25) is 19.7 Å². The smallest absolute Gasteiger partial charge is 0.326 e. The Balaban J connectivity index is 2.09. The van der Waals surface area contributed by atoms with Crippen LogP contribution in [0, 0.1) is 10.1 Å². The molecular formula is C23H22F3N3O4. The summed E-state index contributed by atoms with van der Waals surface area (Å²) >= 11 is 0. The first-order valence-electron chi connectivity index (χ1n) is 10.00. The number of rotatable bonds is 5. The van der Waals surface area contributed by atoms with Gasteiger partial charge in [-0.2, -0.15) is 13.2 Å². The Bertz CT molecular complexity index is 1130. The highest BCUT2D eigenvalue weighted by Crippen LogP contribution is 2.34. The average Bonchev–Trinajstić information content (AvgIpc) is 2.74. The molecule has 174 valence electrons. The number of hydrogen-bond donors (Lipinski definition) is 0. The van der Waals surface area contributed by atoms with E-state index in [4.69, 9.17) is 0 Å². The van der Waals surface area contributed by atoms with Crippen molar-refractivity contribution in [2.75, 3.05) is 14.1 Å². The van der Waals surface area contributed by atoms with Crippen LogP contribution >= 0.6 is 0 Å². The molecule has 1 aliphatic heterocycles. The Morgan fingerprint density at radius 3 is 2.27 bits per heavy atom. The molecule has 33 heavy (non-hydrogen) atoms.